The third-order valence-electron chi connectivity index (χ3n) is 5.24. The van der Waals surface area contributed by atoms with Crippen LogP contribution in [0.2, 0.25) is 0 Å². The number of aromatic nitrogens is 2. The second kappa shape index (κ2) is 8.40. The van der Waals surface area contributed by atoms with Crippen LogP contribution in [0.25, 0.3) is 11.4 Å². The molecule has 2 aromatic carbocycles. The molecular formula is C21H19FN4O4. The molecule has 0 atom stereocenters. The summed E-state index contributed by atoms with van der Waals surface area (Å²) in [4.78, 5) is 29.0. The number of nitro groups is 1. The van der Waals surface area contributed by atoms with Crippen LogP contribution in [-0.2, 0) is 11.2 Å². The van der Waals surface area contributed by atoms with Crippen LogP contribution < -0.4 is 0 Å². The van der Waals surface area contributed by atoms with E-state index in [4.69, 9.17) is 4.52 Å². The van der Waals surface area contributed by atoms with Crippen molar-refractivity contribution in [3.8, 4) is 11.4 Å². The molecule has 1 amide bonds. The molecule has 3 aromatic rings. The Labute approximate surface area is 171 Å². The quantitative estimate of drug-likeness (QED) is 0.469. The summed E-state index contributed by atoms with van der Waals surface area (Å²) in [5, 5.41) is 14.7. The van der Waals surface area contributed by atoms with Gasteiger partial charge in [0.25, 0.3) is 5.69 Å². The SMILES string of the molecule is O=C(Cc1ccc([N+](=O)[O-])cc1)N1CCC(c2nc(-c3ccc(F)cc3)no2)CC1. The van der Waals surface area contributed by atoms with Gasteiger partial charge in [0, 0.05) is 36.7 Å². The van der Waals surface area contributed by atoms with Gasteiger partial charge >= 0.3 is 0 Å². The minimum absolute atomic E-state index is 0.00609. The van der Waals surface area contributed by atoms with Crippen molar-refractivity contribution in [2.24, 2.45) is 0 Å². The fraction of sp³-hybridized carbons (Fsp3) is 0.286. The van der Waals surface area contributed by atoms with E-state index in [1.165, 1.54) is 24.3 Å². The largest absolute Gasteiger partial charge is 0.342 e. The molecule has 0 radical (unpaired) electrons. The van der Waals surface area contributed by atoms with Crippen molar-refractivity contribution in [2.75, 3.05) is 13.1 Å². The van der Waals surface area contributed by atoms with Crippen molar-refractivity contribution in [3.05, 3.63) is 75.9 Å². The highest BCUT2D eigenvalue weighted by molar-refractivity contribution is 5.79. The summed E-state index contributed by atoms with van der Waals surface area (Å²) in [6.07, 6.45) is 1.62. The number of hydrogen-bond donors (Lipinski definition) is 0. The molecule has 1 fully saturated rings. The van der Waals surface area contributed by atoms with Crippen molar-refractivity contribution in [3.63, 3.8) is 0 Å². The third kappa shape index (κ3) is 4.35. The highest BCUT2D eigenvalue weighted by Crippen LogP contribution is 2.29. The van der Waals surface area contributed by atoms with Crippen molar-refractivity contribution < 1.29 is 18.6 Å². The number of benzene rings is 2. The van der Waals surface area contributed by atoms with Gasteiger partial charge in [-0.05, 0) is 42.7 Å². The molecule has 0 unspecified atom stereocenters. The second-order valence-corrected chi connectivity index (χ2v) is 7.22. The number of piperidine rings is 1. The average molecular weight is 410 g/mol. The van der Waals surface area contributed by atoms with Crippen molar-refractivity contribution in [1.29, 1.82) is 0 Å². The standard InChI is InChI=1S/C21H19FN4O4/c22-17-5-3-15(4-6-17)20-23-21(30-24-20)16-9-11-25(12-10-16)19(27)13-14-1-7-18(8-2-14)26(28)29/h1-8,16H,9-13H2. The van der Waals surface area contributed by atoms with E-state index in [1.807, 2.05) is 0 Å². The van der Waals surface area contributed by atoms with Gasteiger partial charge in [-0.3, -0.25) is 14.9 Å². The van der Waals surface area contributed by atoms with Crippen LogP contribution >= 0.6 is 0 Å². The minimum atomic E-state index is -0.463. The van der Waals surface area contributed by atoms with E-state index in [0.717, 1.165) is 5.56 Å². The molecule has 0 bridgehead atoms. The lowest BCUT2D eigenvalue weighted by Crippen LogP contribution is -2.38. The first kappa shape index (κ1) is 19.7. The Balaban J connectivity index is 1.33. The van der Waals surface area contributed by atoms with Crippen molar-refractivity contribution >= 4 is 11.6 Å². The van der Waals surface area contributed by atoms with E-state index in [-0.39, 0.29) is 29.8 Å². The van der Waals surface area contributed by atoms with Gasteiger partial charge in [-0.25, -0.2) is 4.39 Å². The summed E-state index contributed by atoms with van der Waals surface area (Å²) in [5.74, 6) is 0.668. The van der Waals surface area contributed by atoms with Gasteiger partial charge in [0.05, 0.1) is 11.3 Å². The topological polar surface area (TPSA) is 102 Å². The maximum atomic E-state index is 13.1. The summed E-state index contributed by atoms with van der Waals surface area (Å²) >= 11 is 0. The zero-order chi connectivity index (χ0) is 21.1. The lowest BCUT2D eigenvalue weighted by molar-refractivity contribution is -0.384. The van der Waals surface area contributed by atoms with Crippen LogP contribution in [-0.4, -0.2) is 39.0 Å². The summed E-state index contributed by atoms with van der Waals surface area (Å²) < 4.78 is 18.5. The number of nitro benzene ring substituents is 1. The first-order chi connectivity index (χ1) is 14.5. The Morgan fingerprint density at radius 2 is 1.80 bits per heavy atom. The summed E-state index contributed by atoms with van der Waals surface area (Å²) in [5.41, 5.74) is 1.43. The monoisotopic (exact) mass is 410 g/mol. The molecular weight excluding hydrogens is 391 g/mol. The molecule has 30 heavy (non-hydrogen) atoms. The Hall–Kier alpha value is -3.62. The fourth-order valence-electron chi connectivity index (χ4n) is 3.52. The van der Waals surface area contributed by atoms with Crippen LogP contribution in [0.1, 0.15) is 30.2 Å². The van der Waals surface area contributed by atoms with Crippen LogP contribution in [0.4, 0.5) is 10.1 Å². The predicted octanol–water partition coefficient (Wildman–Crippen LogP) is 3.73. The molecule has 1 saturated heterocycles. The number of rotatable bonds is 5. The Morgan fingerprint density at radius 1 is 1.13 bits per heavy atom. The first-order valence-corrected chi connectivity index (χ1v) is 9.60. The number of amides is 1. The molecule has 1 aromatic heterocycles. The Morgan fingerprint density at radius 3 is 2.43 bits per heavy atom. The van der Waals surface area contributed by atoms with E-state index in [2.05, 4.69) is 10.1 Å². The highest BCUT2D eigenvalue weighted by atomic mass is 19.1. The van der Waals surface area contributed by atoms with Gasteiger partial charge in [-0.2, -0.15) is 4.98 Å². The molecule has 1 aliphatic heterocycles. The molecule has 0 N–H and O–H groups in total. The van der Waals surface area contributed by atoms with Crippen molar-refractivity contribution in [1.82, 2.24) is 15.0 Å². The first-order valence-electron chi connectivity index (χ1n) is 9.60. The minimum Gasteiger partial charge on any atom is -0.342 e. The lowest BCUT2D eigenvalue weighted by atomic mass is 9.96. The lowest BCUT2D eigenvalue weighted by Gasteiger charge is -2.30. The molecule has 9 heteroatoms. The van der Waals surface area contributed by atoms with E-state index in [9.17, 15) is 19.3 Å². The number of nitrogens with zero attached hydrogens (tertiary/aromatic N) is 4. The predicted molar refractivity (Wildman–Crippen MR) is 105 cm³/mol. The van der Waals surface area contributed by atoms with E-state index in [1.54, 1.807) is 29.2 Å². The van der Waals surface area contributed by atoms with Crippen LogP contribution in [0.15, 0.2) is 53.1 Å². The molecule has 1 aliphatic rings. The number of carbonyl (C=O) groups is 1. The molecule has 0 spiro atoms. The third-order valence-corrected chi connectivity index (χ3v) is 5.24. The molecule has 8 nitrogen and oxygen atoms in total. The van der Waals surface area contributed by atoms with E-state index in [0.29, 0.717) is 43.2 Å². The molecule has 154 valence electrons. The number of hydrogen-bond acceptors (Lipinski definition) is 6. The van der Waals surface area contributed by atoms with Gasteiger partial charge in [0.15, 0.2) is 0 Å². The average Bonchev–Trinajstić information content (AvgIpc) is 3.25. The van der Waals surface area contributed by atoms with Gasteiger partial charge in [-0.1, -0.05) is 17.3 Å². The Kier molecular flexibility index (Phi) is 5.51. The summed E-state index contributed by atoms with van der Waals surface area (Å²) in [6, 6.07) is 11.9. The van der Waals surface area contributed by atoms with Crippen LogP contribution in [0, 0.1) is 15.9 Å². The molecule has 0 saturated carbocycles. The van der Waals surface area contributed by atoms with Gasteiger partial charge in [-0.15, -0.1) is 0 Å². The maximum Gasteiger partial charge on any atom is 0.269 e. The number of carbonyl (C=O) groups excluding carboxylic acids is 1. The van der Waals surface area contributed by atoms with E-state index >= 15 is 0 Å². The van der Waals surface area contributed by atoms with E-state index < -0.39 is 4.92 Å². The highest BCUT2D eigenvalue weighted by Gasteiger charge is 2.27. The van der Waals surface area contributed by atoms with Crippen molar-refractivity contribution in [2.45, 2.75) is 25.2 Å². The van der Waals surface area contributed by atoms with Crippen LogP contribution in [0.5, 0.6) is 0 Å². The Bertz CT molecular complexity index is 1040. The van der Waals surface area contributed by atoms with Crippen LogP contribution in [0.3, 0.4) is 0 Å². The summed E-state index contributed by atoms with van der Waals surface area (Å²) in [6.45, 7) is 1.15. The fourth-order valence-corrected chi connectivity index (χ4v) is 3.52. The number of halogens is 1. The zero-order valence-corrected chi connectivity index (χ0v) is 16.0. The smallest absolute Gasteiger partial charge is 0.269 e. The normalized spacial score (nSPS) is 14.6. The number of non-ortho nitro benzene ring substituents is 1. The van der Waals surface area contributed by atoms with Gasteiger partial charge in [0.2, 0.25) is 17.6 Å². The zero-order valence-electron chi connectivity index (χ0n) is 16.0. The molecule has 2 heterocycles. The van der Waals surface area contributed by atoms with Gasteiger partial charge < -0.3 is 9.42 Å². The number of likely N-dealkylation sites (tertiary alicyclic amines) is 1. The molecule has 0 aliphatic carbocycles. The van der Waals surface area contributed by atoms with Gasteiger partial charge in [0.1, 0.15) is 5.82 Å². The second-order valence-electron chi connectivity index (χ2n) is 7.22. The molecule has 4 rings (SSSR count). The summed E-state index contributed by atoms with van der Waals surface area (Å²) in [7, 11) is 0. The maximum absolute atomic E-state index is 13.1.